The van der Waals surface area contributed by atoms with Gasteiger partial charge in [-0.15, -0.1) is 0 Å². The first kappa shape index (κ1) is 15.0. The van der Waals surface area contributed by atoms with Crippen molar-refractivity contribution in [3.63, 3.8) is 0 Å². The van der Waals surface area contributed by atoms with Crippen molar-refractivity contribution in [3.05, 3.63) is 11.4 Å². The van der Waals surface area contributed by atoms with Gasteiger partial charge in [-0.1, -0.05) is 15.9 Å². The van der Waals surface area contributed by atoms with Gasteiger partial charge in [-0.25, -0.2) is 8.42 Å². The molecule has 2 heterocycles. The Bertz CT molecular complexity index is 568. The van der Waals surface area contributed by atoms with Gasteiger partial charge in [-0.05, 0) is 32.6 Å². The van der Waals surface area contributed by atoms with E-state index in [1.54, 1.807) is 29.9 Å². The van der Waals surface area contributed by atoms with Crippen LogP contribution in [-0.2, 0) is 17.1 Å². The van der Waals surface area contributed by atoms with Gasteiger partial charge in [0.2, 0.25) is 10.0 Å². The van der Waals surface area contributed by atoms with E-state index in [2.05, 4.69) is 21.0 Å². The van der Waals surface area contributed by atoms with Crippen molar-refractivity contribution in [1.82, 2.24) is 14.1 Å². The Morgan fingerprint density at radius 3 is 2.63 bits per heavy atom. The minimum Gasteiger partial charge on any atom is -0.271 e. The lowest BCUT2D eigenvalue weighted by molar-refractivity contribution is 0.453. The number of rotatable bonds is 4. The zero-order chi connectivity index (χ0) is 14.2. The SMILES string of the molecule is Cc1nn(C)c(C)c1S(=O)(=O)N1CCC(CCBr)C1. The van der Waals surface area contributed by atoms with E-state index in [0.29, 0.717) is 35.3 Å². The Morgan fingerprint density at radius 1 is 1.42 bits per heavy atom. The summed E-state index contributed by atoms with van der Waals surface area (Å²) in [5, 5.41) is 5.13. The second-order valence-corrected chi connectivity index (χ2v) is 7.79. The van der Waals surface area contributed by atoms with Crippen LogP contribution in [0, 0.1) is 19.8 Å². The molecule has 5 nitrogen and oxygen atoms in total. The number of aromatic nitrogens is 2. The molecule has 7 heteroatoms. The molecule has 0 bridgehead atoms. The molecule has 0 saturated carbocycles. The quantitative estimate of drug-likeness (QED) is 0.779. The Balaban J connectivity index is 2.29. The number of nitrogens with zero attached hydrogens (tertiary/aromatic N) is 3. The molecule has 0 aromatic carbocycles. The van der Waals surface area contributed by atoms with E-state index in [9.17, 15) is 8.42 Å². The first-order chi connectivity index (χ1) is 8.87. The summed E-state index contributed by atoms with van der Waals surface area (Å²) in [7, 11) is -1.62. The highest BCUT2D eigenvalue weighted by atomic mass is 79.9. The molecule has 1 aromatic rings. The fourth-order valence-electron chi connectivity index (χ4n) is 2.66. The highest BCUT2D eigenvalue weighted by Crippen LogP contribution is 2.29. The Hall–Kier alpha value is -0.400. The Kier molecular flexibility index (Phi) is 4.37. The monoisotopic (exact) mass is 349 g/mol. The van der Waals surface area contributed by atoms with E-state index in [1.165, 1.54) is 0 Å². The van der Waals surface area contributed by atoms with E-state index in [0.717, 1.165) is 18.2 Å². The van der Waals surface area contributed by atoms with Crippen LogP contribution in [0.15, 0.2) is 4.90 Å². The molecular formula is C12H20BrN3O2S. The van der Waals surface area contributed by atoms with Crippen LogP contribution in [0.4, 0.5) is 0 Å². The second kappa shape index (κ2) is 5.54. The minimum absolute atomic E-state index is 0.384. The predicted octanol–water partition coefficient (Wildman–Crippen LogP) is 1.83. The summed E-state index contributed by atoms with van der Waals surface area (Å²) in [4.78, 5) is 0.384. The van der Waals surface area contributed by atoms with Crippen LogP contribution >= 0.6 is 15.9 Å². The van der Waals surface area contributed by atoms with Crippen LogP contribution in [0.2, 0.25) is 0 Å². The molecule has 1 aliphatic rings. The Morgan fingerprint density at radius 2 is 2.11 bits per heavy atom. The first-order valence-electron chi connectivity index (χ1n) is 6.44. The van der Waals surface area contributed by atoms with Crippen molar-refractivity contribution in [2.45, 2.75) is 31.6 Å². The normalized spacial score (nSPS) is 21.2. The highest BCUT2D eigenvalue weighted by Gasteiger charge is 2.35. The summed E-state index contributed by atoms with van der Waals surface area (Å²) >= 11 is 3.42. The number of halogens is 1. The molecule has 108 valence electrons. The van der Waals surface area contributed by atoms with Crippen LogP contribution in [-0.4, -0.2) is 40.9 Å². The third-order valence-electron chi connectivity index (χ3n) is 3.81. The standard InChI is InChI=1S/C12H20BrN3O2S/c1-9-12(10(2)15(3)14-9)19(17,18)16-7-5-11(8-16)4-6-13/h11H,4-8H2,1-3H3. The van der Waals surface area contributed by atoms with Crippen molar-refractivity contribution >= 4 is 26.0 Å². The van der Waals surface area contributed by atoms with Gasteiger partial charge in [0, 0.05) is 25.5 Å². The molecule has 1 atom stereocenters. The molecule has 1 unspecified atom stereocenters. The zero-order valence-corrected chi connectivity index (χ0v) is 14.0. The molecule has 0 spiro atoms. The minimum atomic E-state index is -3.40. The average Bonchev–Trinajstić information content (AvgIpc) is 2.87. The lowest BCUT2D eigenvalue weighted by Crippen LogP contribution is -2.29. The van der Waals surface area contributed by atoms with Gasteiger partial charge < -0.3 is 0 Å². The average molecular weight is 350 g/mol. The highest BCUT2D eigenvalue weighted by molar-refractivity contribution is 9.09. The zero-order valence-electron chi connectivity index (χ0n) is 11.6. The summed E-state index contributed by atoms with van der Waals surface area (Å²) in [5.41, 5.74) is 1.30. The number of hydrogen-bond donors (Lipinski definition) is 0. The van der Waals surface area contributed by atoms with Crippen LogP contribution in [0.25, 0.3) is 0 Å². The van der Waals surface area contributed by atoms with Gasteiger partial charge in [0.15, 0.2) is 0 Å². The summed E-state index contributed by atoms with van der Waals surface area (Å²) in [6.45, 7) is 4.81. The molecular weight excluding hydrogens is 330 g/mol. The topological polar surface area (TPSA) is 55.2 Å². The van der Waals surface area contributed by atoms with Gasteiger partial charge in [0.05, 0.1) is 11.4 Å². The van der Waals surface area contributed by atoms with Crippen LogP contribution in [0.5, 0.6) is 0 Å². The van der Waals surface area contributed by atoms with E-state index < -0.39 is 10.0 Å². The smallest absolute Gasteiger partial charge is 0.246 e. The molecule has 0 aliphatic carbocycles. The van der Waals surface area contributed by atoms with Crippen molar-refractivity contribution in [2.24, 2.45) is 13.0 Å². The van der Waals surface area contributed by atoms with Gasteiger partial charge in [-0.2, -0.15) is 9.40 Å². The van der Waals surface area contributed by atoms with Gasteiger partial charge in [0.1, 0.15) is 4.90 Å². The number of alkyl halides is 1. The summed E-state index contributed by atoms with van der Waals surface area (Å²) in [5.74, 6) is 0.464. The first-order valence-corrected chi connectivity index (χ1v) is 9.00. The molecule has 0 amide bonds. The van der Waals surface area contributed by atoms with E-state index in [1.807, 2.05) is 0 Å². The van der Waals surface area contributed by atoms with Crippen molar-refractivity contribution < 1.29 is 8.42 Å². The van der Waals surface area contributed by atoms with Gasteiger partial charge in [0.25, 0.3) is 0 Å². The number of sulfonamides is 1. The second-order valence-electron chi connectivity index (χ2n) is 5.12. The van der Waals surface area contributed by atoms with Crippen molar-refractivity contribution in [3.8, 4) is 0 Å². The molecule has 19 heavy (non-hydrogen) atoms. The molecule has 2 rings (SSSR count). The number of aryl methyl sites for hydroxylation is 2. The van der Waals surface area contributed by atoms with Gasteiger partial charge in [-0.3, -0.25) is 4.68 Å². The maximum Gasteiger partial charge on any atom is 0.246 e. The van der Waals surface area contributed by atoms with E-state index in [-0.39, 0.29) is 0 Å². The maximum absolute atomic E-state index is 12.7. The third-order valence-corrected chi connectivity index (χ3v) is 6.38. The molecule has 1 aliphatic heterocycles. The van der Waals surface area contributed by atoms with Crippen LogP contribution in [0.3, 0.4) is 0 Å². The predicted molar refractivity (Wildman–Crippen MR) is 78.0 cm³/mol. The molecule has 0 N–H and O–H groups in total. The van der Waals surface area contributed by atoms with Crippen LogP contribution in [0.1, 0.15) is 24.2 Å². The van der Waals surface area contributed by atoms with Crippen molar-refractivity contribution in [2.75, 3.05) is 18.4 Å². The third kappa shape index (κ3) is 2.73. The van der Waals surface area contributed by atoms with E-state index in [4.69, 9.17) is 0 Å². The fourth-order valence-corrected chi connectivity index (χ4v) is 5.24. The molecule has 1 fully saturated rings. The fraction of sp³-hybridized carbons (Fsp3) is 0.750. The molecule has 0 radical (unpaired) electrons. The van der Waals surface area contributed by atoms with Crippen LogP contribution < -0.4 is 0 Å². The lowest BCUT2D eigenvalue weighted by atomic mass is 10.1. The summed E-state index contributed by atoms with van der Waals surface area (Å²) in [6, 6.07) is 0. The summed E-state index contributed by atoms with van der Waals surface area (Å²) in [6.07, 6.45) is 1.97. The van der Waals surface area contributed by atoms with E-state index >= 15 is 0 Å². The lowest BCUT2D eigenvalue weighted by Gasteiger charge is -2.16. The van der Waals surface area contributed by atoms with Gasteiger partial charge >= 0.3 is 0 Å². The summed E-state index contributed by atoms with van der Waals surface area (Å²) < 4.78 is 28.6. The Labute approximate surface area is 123 Å². The number of hydrogen-bond acceptors (Lipinski definition) is 3. The molecule has 1 saturated heterocycles. The molecule has 1 aromatic heterocycles. The largest absolute Gasteiger partial charge is 0.271 e. The van der Waals surface area contributed by atoms with Crippen molar-refractivity contribution in [1.29, 1.82) is 0 Å². The maximum atomic E-state index is 12.7.